The molecule has 1 N–H and O–H groups in total. The summed E-state index contributed by atoms with van der Waals surface area (Å²) in [5.41, 5.74) is 1.87. The van der Waals surface area contributed by atoms with Gasteiger partial charge in [-0.2, -0.15) is 0 Å². The summed E-state index contributed by atoms with van der Waals surface area (Å²) in [7, 11) is 0. The largest absolute Gasteiger partial charge is 0.307 e. The molecule has 3 aliphatic rings. The van der Waals surface area contributed by atoms with Crippen molar-refractivity contribution in [3.63, 3.8) is 0 Å². The number of amidine groups is 1. The Bertz CT molecular complexity index is 777. The van der Waals surface area contributed by atoms with Crippen molar-refractivity contribution in [3.05, 3.63) is 71.9 Å². The van der Waals surface area contributed by atoms with Crippen LogP contribution in [0.3, 0.4) is 0 Å². The van der Waals surface area contributed by atoms with Crippen LogP contribution in [0, 0.1) is 5.92 Å². The molecule has 1 aliphatic heterocycles. The van der Waals surface area contributed by atoms with Crippen molar-refractivity contribution in [1.29, 1.82) is 0 Å². The highest BCUT2D eigenvalue weighted by Crippen LogP contribution is 2.24. The minimum absolute atomic E-state index is 0.0102. The first-order chi connectivity index (χ1) is 13.1. The molecule has 4 nitrogen and oxygen atoms in total. The van der Waals surface area contributed by atoms with Crippen molar-refractivity contribution >= 4 is 11.7 Å². The van der Waals surface area contributed by atoms with E-state index in [1.54, 1.807) is 0 Å². The number of carbonyl (C=O) groups excluding carboxylic acids is 1. The van der Waals surface area contributed by atoms with Gasteiger partial charge in [0, 0.05) is 5.57 Å². The molecule has 0 spiro atoms. The average molecular weight is 364 g/mol. The maximum atomic E-state index is 13.3. The van der Waals surface area contributed by atoms with E-state index in [-0.39, 0.29) is 18.0 Å². The van der Waals surface area contributed by atoms with Crippen LogP contribution in [0.4, 0.5) is 0 Å². The Morgan fingerprint density at radius 1 is 1.19 bits per heavy atom. The molecule has 0 saturated carbocycles. The molecule has 1 amide bonds. The van der Waals surface area contributed by atoms with Crippen molar-refractivity contribution < 1.29 is 4.79 Å². The van der Waals surface area contributed by atoms with Gasteiger partial charge in [-0.1, -0.05) is 74.6 Å². The Labute approximate surface area is 162 Å². The van der Waals surface area contributed by atoms with Crippen molar-refractivity contribution in [1.82, 2.24) is 10.2 Å². The van der Waals surface area contributed by atoms with Crippen LogP contribution >= 0.6 is 0 Å². The lowest BCUT2D eigenvalue weighted by Gasteiger charge is -2.35. The summed E-state index contributed by atoms with van der Waals surface area (Å²) in [5.74, 6) is 1.41. The summed E-state index contributed by atoms with van der Waals surface area (Å²) in [6.45, 7) is 7.88. The van der Waals surface area contributed by atoms with Crippen LogP contribution in [0.1, 0.15) is 27.2 Å². The number of hydrogen-bond donors (Lipinski definition) is 1. The van der Waals surface area contributed by atoms with E-state index in [1.165, 1.54) is 0 Å². The molecule has 0 bridgehead atoms. The zero-order valence-corrected chi connectivity index (χ0v) is 16.4. The van der Waals surface area contributed by atoms with E-state index in [9.17, 15) is 4.79 Å². The monoisotopic (exact) mass is 363 g/mol. The van der Waals surface area contributed by atoms with Crippen molar-refractivity contribution in [2.45, 2.75) is 39.3 Å². The first-order valence-electron chi connectivity index (χ1n) is 9.76. The van der Waals surface area contributed by atoms with E-state index in [0.717, 1.165) is 29.9 Å². The zero-order chi connectivity index (χ0) is 19.2. The molecular weight excluding hydrogens is 334 g/mol. The molecule has 0 fully saturated rings. The van der Waals surface area contributed by atoms with E-state index in [0.29, 0.717) is 12.5 Å². The number of nitrogens with one attached hydrogen (secondary N) is 1. The van der Waals surface area contributed by atoms with Crippen LogP contribution in [0.2, 0.25) is 0 Å². The quantitative estimate of drug-likeness (QED) is 0.782. The van der Waals surface area contributed by atoms with Crippen LogP contribution in [-0.2, 0) is 4.79 Å². The number of fused-ring (bicyclic) bond motifs is 1. The van der Waals surface area contributed by atoms with Crippen LogP contribution < -0.4 is 5.32 Å². The molecule has 0 radical (unpaired) electrons. The second kappa shape index (κ2) is 8.96. The number of amides is 1. The molecule has 0 saturated heterocycles. The van der Waals surface area contributed by atoms with E-state index >= 15 is 0 Å². The lowest BCUT2D eigenvalue weighted by molar-refractivity contribution is -0.123. The van der Waals surface area contributed by atoms with Gasteiger partial charge in [0.2, 0.25) is 0 Å². The average Bonchev–Trinajstić information content (AvgIpc) is 3.04. The number of nitrogens with zero attached hydrogens (tertiary/aromatic N) is 2. The first-order valence-corrected chi connectivity index (χ1v) is 9.76. The smallest absolute Gasteiger partial charge is 0.257 e. The second-order valence-corrected chi connectivity index (χ2v) is 7.54. The summed E-state index contributed by atoms with van der Waals surface area (Å²) >= 11 is 0. The molecule has 2 unspecified atom stereocenters. The maximum Gasteiger partial charge on any atom is 0.257 e. The third kappa shape index (κ3) is 4.83. The molecule has 3 rings (SSSR count). The molecule has 4 heteroatoms. The highest BCUT2D eigenvalue weighted by Gasteiger charge is 2.34. The number of carbonyl (C=O) groups is 1. The third-order valence-electron chi connectivity index (χ3n) is 4.78. The molecule has 0 aromatic carbocycles. The van der Waals surface area contributed by atoms with Gasteiger partial charge in [-0.3, -0.25) is 14.7 Å². The molecule has 0 aromatic rings. The van der Waals surface area contributed by atoms with E-state index in [4.69, 9.17) is 4.99 Å². The summed E-state index contributed by atoms with van der Waals surface area (Å²) in [4.78, 5) is 20.1. The molecule has 2 atom stereocenters. The predicted octanol–water partition coefficient (Wildman–Crippen LogP) is 3.72. The fourth-order valence-electron chi connectivity index (χ4n) is 3.30. The maximum absolute atomic E-state index is 13.3. The number of hydrogen-bond acceptors (Lipinski definition) is 3. The van der Waals surface area contributed by atoms with Crippen LogP contribution in [0.5, 0.6) is 0 Å². The number of aliphatic imine (C=N–C) groups is 1. The Morgan fingerprint density at radius 3 is 2.85 bits per heavy atom. The molecule has 1 heterocycles. The van der Waals surface area contributed by atoms with Gasteiger partial charge in [-0.15, -0.1) is 0 Å². The van der Waals surface area contributed by atoms with Gasteiger partial charge in [-0.05, 0) is 31.4 Å². The normalized spacial score (nSPS) is 22.8. The predicted molar refractivity (Wildman–Crippen MR) is 113 cm³/mol. The highest BCUT2D eigenvalue weighted by atomic mass is 16.2. The third-order valence-corrected chi connectivity index (χ3v) is 4.78. The minimum atomic E-state index is -0.206. The number of rotatable bonds is 6. The Balaban J connectivity index is 1.91. The van der Waals surface area contributed by atoms with E-state index in [1.807, 2.05) is 47.4 Å². The first kappa shape index (κ1) is 19.3. The van der Waals surface area contributed by atoms with Gasteiger partial charge in [0.15, 0.2) is 0 Å². The van der Waals surface area contributed by atoms with Gasteiger partial charge < -0.3 is 5.32 Å². The van der Waals surface area contributed by atoms with Gasteiger partial charge in [0.1, 0.15) is 11.9 Å². The van der Waals surface area contributed by atoms with Crippen molar-refractivity contribution in [3.8, 4) is 0 Å². The molecule has 27 heavy (non-hydrogen) atoms. The van der Waals surface area contributed by atoms with Crippen molar-refractivity contribution in [2.75, 3.05) is 13.1 Å². The van der Waals surface area contributed by atoms with E-state index in [2.05, 4.69) is 44.3 Å². The highest BCUT2D eigenvalue weighted by molar-refractivity contribution is 6.11. The van der Waals surface area contributed by atoms with Crippen molar-refractivity contribution in [2.24, 2.45) is 10.9 Å². The summed E-state index contributed by atoms with van der Waals surface area (Å²) < 4.78 is 0. The minimum Gasteiger partial charge on any atom is -0.307 e. The standard InChI is InChI=1S/C23H29N3O/c1-17(2)15-24-18(3)22-25-21-14-10-6-9-13-20(21)23(27)26(22)16-19-11-7-4-5-8-12-19/h4-7,9-14,17-18,21,24H,8,15-16H2,1-3H3. The lowest BCUT2D eigenvalue weighted by atomic mass is 10.0. The number of allylic oxidation sites excluding steroid dienone is 8. The van der Waals surface area contributed by atoms with Crippen LogP contribution in [0.25, 0.3) is 0 Å². The van der Waals surface area contributed by atoms with Crippen LogP contribution in [-0.4, -0.2) is 41.8 Å². The molecule has 0 aromatic heterocycles. The molecular formula is C23H29N3O. The summed E-state index contributed by atoms with van der Waals surface area (Å²) in [6.07, 6.45) is 21.0. The summed E-state index contributed by atoms with van der Waals surface area (Å²) in [5, 5.41) is 3.53. The second-order valence-electron chi connectivity index (χ2n) is 7.54. The van der Waals surface area contributed by atoms with Gasteiger partial charge >= 0.3 is 0 Å². The molecule has 142 valence electrons. The van der Waals surface area contributed by atoms with Gasteiger partial charge in [-0.25, -0.2) is 0 Å². The zero-order valence-electron chi connectivity index (χ0n) is 16.4. The van der Waals surface area contributed by atoms with E-state index < -0.39 is 0 Å². The Morgan fingerprint density at radius 2 is 2.04 bits per heavy atom. The lowest BCUT2D eigenvalue weighted by Crippen LogP contribution is -2.53. The van der Waals surface area contributed by atoms with Gasteiger partial charge in [0.25, 0.3) is 5.91 Å². The van der Waals surface area contributed by atoms with Crippen LogP contribution in [0.15, 0.2) is 76.9 Å². The Hall–Kier alpha value is -2.46. The van der Waals surface area contributed by atoms with Gasteiger partial charge in [0.05, 0.1) is 12.6 Å². The fourth-order valence-corrected chi connectivity index (χ4v) is 3.30. The topological polar surface area (TPSA) is 44.7 Å². The molecule has 2 aliphatic carbocycles. The summed E-state index contributed by atoms with van der Waals surface area (Å²) in [6, 6.07) is -0.196. The SMILES string of the molecule is CC(C)CNC(C)C1=NC2C=CC=CC=C2C(=O)N1CC1=CCC=CC=C1. The fraction of sp³-hybridized carbons (Fsp3) is 0.391. The Kier molecular flexibility index (Phi) is 6.40.